The van der Waals surface area contributed by atoms with Gasteiger partial charge in [-0.05, 0) is 12.1 Å². The highest BCUT2D eigenvalue weighted by Crippen LogP contribution is 2.24. The van der Waals surface area contributed by atoms with Gasteiger partial charge in [0.05, 0.1) is 24.3 Å². The van der Waals surface area contributed by atoms with Gasteiger partial charge in [0.2, 0.25) is 5.83 Å². The molecule has 1 aliphatic rings. The average Bonchev–Trinajstić information content (AvgIpc) is 2.71. The molecule has 0 aromatic heterocycles. The molecule has 21 heavy (non-hydrogen) atoms. The summed E-state index contributed by atoms with van der Waals surface area (Å²) in [5, 5.41) is 8.68. The van der Waals surface area contributed by atoms with Crippen LogP contribution in [-0.4, -0.2) is 48.1 Å². The Morgan fingerprint density at radius 3 is 2.19 bits per heavy atom. The Hall–Kier alpha value is -2.54. The van der Waals surface area contributed by atoms with Crippen molar-refractivity contribution in [3.8, 4) is 0 Å². The number of hydrogen-bond acceptors (Lipinski definition) is 4. The van der Waals surface area contributed by atoms with E-state index in [2.05, 4.69) is 0 Å². The molecule has 1 aliphatic heterocycles. The van der Waals surface area contributed by atoms with Crippen molar-refractivity contribution in [1.29, 1.82) is 0 Å². The number of benzene rings is 1. The Labute approximate surface area is 119 Å². The molecule has 110 valence electrons. The lowest BCUT2D eigenvalue weighted by molar-refractivity contribution is -0.134. The Morgan fingerprint density at radius 1 is 1.24 bits per heavy atom. The van der Waals surface area contributed by atoms with Crippen molar-refractivity contribution in [3.63, 3.8) is 0 Å². The highest BCUT2D eigenvalue weighted by Gasteiger charge is 2.36. The molecule has 0 aliphatic carbocycles. The molecule has 1 heterocycles. The first-order valence-corrected chi connectivity index (χ1v) is 6.02. The van der Waals surface area contributed by atoms with Crippen molar-refractivity contribution < 1.29 is 28.6 Å². The number of carbonyl (C=O) groups excluding carboxylic acids is 2. The van der Waals surface area contributed by atoms with Gasteiger partial charge in [0.15, 0.2) is 0 Å². The zero-order valence-corrected chi connectivity index (χ0v) is 11.1. The molecule has 0 saturated heterocycles. The third kappa shape index (κ3) is 2.68. The monoisotopic (exact) mass is 293 g/mol. The van der Waals surface area contributed by atoms with Gasteiger partial charge in [0, 0.05) is 12.7 Å². The average molecular weight is 293 g/mol. The second-order valence-corrected chi connectivity index (χ2v) is 4.40. The minimum absolute atomic E-state index is 0.218. The summed E-state index contributed by atoms with van der Waals surface area (Å²) in [6.45, 7) is -0.788. The summed E-state index contributed by atoms with van der Waals surface area (Å²) in [5.41, 5.74) is 0.157. The summed E-state index contributed by atoms with van der Waals surface area (Å²) in [7, 11) is 1.26. The summed E-state index contributed by atoms with van der Waals surface area (Å²) in [5.74, 6) is -4.35. The smallest absolute Gasteiger partial charge is 0.364 e. The van der Waals surface area contributed by atoms with Crippen LogP contribution >= 0.6 is 0 Å². The molecule has 0 fully saturated rings. The molecule has 0 unspecified atom stereocenters. The van der Waals surface area contributed by atoms with E-state index in [0.717, 1.165) is 4.90 Å². The zero-order chi connectivity index (χ0) is 15.6. The number of rotatable bonds is 5. The van der Waals surface area contributed by atoms with E-state index in [1.807, 2.05) is 0 Å². The maximum absolute atomic E-state index is 13.6. The van der Waals surface area contributed by atoms with E-state index in [0.29, 0.717) is 0 Å². The van der Waals surface area contributed by atoms with E-state index in [4.69, 9.17) is 9.84 Å². The normalized spacial score (nSPS) is 15.0. The van der Waals surface area contributed by atoms with Crippen LogP contribution in [0.15, 0.2) is 35.7 Å². The fourth-order valence-electron chi connectivity index (χ4n) is 2.08. The van der Waals surface area contributed by atoms with Gasteiger partial charge < -0.3 is 9.84 Å². The number of fused-ring (bicyclic) bond motifs is 1. The largest absolute Gasteiger partial charge is 0.476 e. The quantitative estimate of drug-likeness (QED) is 0.652. The standard InChI is InChI=1S/C14H12FNO5/c1-21-7-8(11(15)14(19)20)6-16-12(17)9-4-2-3-5-10(9)13(16)18/h2-5H,6-7H2,1H3,(H,19,20)/b11-8+. The van der Waals surface area contributed by atoms with E-state index in [9.17, 15) is 18.8 Å². The van der Waals surface area contributed by atoms with Crippen LogP contribution in [0.4, 0.5) is 4.39 Å². The Balaban J connectivity index is 2.32. The van der Waals surface area contributed by atoms with Crippen molar-refractivity contribution in [2.75, 3.05) is 20.3 Å². The van der Waals surface area contributed by atoms with Gasteiger partial charge in [0.25, 0.3) is 11.8 Å². The summed E-state index contributed by atoms with van der Waals surface area (Å²) in [6.07, 6.45) is 0. The van der Waals surface area contributed by atoms with Gasteiger partial charge in [-0.1, -0.05) is 12.1 Å². The molecule has 0 spiro atoms. The highest BCUT2D eigenvalue weighted by atomic mass is 19.1. The molecule has 1 N–H and O–H groups in total. The molecule has 0 bridgehead atoms. The number of carboxylic acids is 1. The van der Waals surface area contributed by atoms with Crippen LogP contribution in [0.3, 0.4) is 0 Å². The first-order valence-electron chi connectivity index (χ1n) is 6.02. The minimum Gasteiger partial charge on any atom is -0.476 e. The van der Waals surface area contributed by atoms with Gasteiger partial charge in [0.1, 0.15) is 0 Å². The number of amides is 2. The van der Waals surface area contributed by atoms with Crippen molar-refractivity contribution in [2.24, 2.45) is 0 Å². The lowest BCUT2D eigenvalue weighted by Crippen LogP contribution is -2.33. The number of carbonyl (C=O) groups is 3. The molecule has 2 rings (SSSR count). The fraction of sp³-hybridized carbons (Fsp3) is 0.214. The Bertz CT molecular complexity index is 618. The van der Waals surface area contributed by atoms with Gasteiger partial charge in [-0.3, -0.25) is 14.5 Å². The number of halogens is 1. The second kappa shape index (κ2) is 5.84. The molecule has 7 heteroatoms. The lowest BCUT2D eigenvalue weighted by atomic mass is 10.1. The Morgan fingerprint density at radius 2 is 1.76 bits per heavy atom. The van der Waals surface area contributed by atoms with E-state index in [1.54, 1.807) is 12.1 Å². The topological polar surface area (TPSA) is 83.9 Å². The third-order valence-electron chi connectivity index (χ3n) is 3.04. The van der Waals surface area contributed by atoms with E-state index >= 15 is 0 Å². The van der Waals surface area contributed by atoms with Crippen LogP contribution in [0.1, 0.15) is 20.7 Å². The minimum atomic E-state index is -1.77. The summed E-state index contributed by atoms with van der Waals surface area (Å²) < 4.78 is 18.3. The van der Waals surface area contributed by atoms with Crippen LogP contribution < -0.4 is 0 Å². The van der Waals surface area contributed by atoms with E-state index in [-0.39, 0.29) is 23.3 Å². The molecule has 6 nitrogen and oxygen atoms in total. The van der Waals surface area contributed by atoms with E-state index in [1.165, 1.54) is 19.2 Å². The first-order chi connectivity index (χ1) is 9.97. The summed E-state index contributed by atoms with van der Waals surface area (Å²) in [6, 6.07) is 6.19. The highest BCUT2D eigenvalue weighted by molar-refractivity contribution is 6.21. The molecule has 2 amide bonds. The number of ether oxygens (including phenoxy) is 1. The molecule has 1 aromatic carbocycles. The van der Waals surface area contributed by atoms with Gasteiger partial charge in [-0.2, -0.15) is 4.39 Å². The first kappa shape index (κ1) is 14.9. The van der Waals surface area contributed by atoms with Crippen LogP contribution in [0.25, 0.3) is 0 Å². The zero-order valence-electron chi connectivity index (χ0n) is 11.1. The van der Waals surface area contributed by atoms with Gasteiger partial charge in [-0.15, -0.1) is 0 Å². The molecule has 0 radical (unpaired) electrons. The Kier molecular flexibility index (Phi) is 4.13. The van der Waals surface area contributed by atoms with Crippen molar-refractivity contribution in [2.45, 2.75) is 0 Å². The molecule has 0 atom stereocenters. The van der Waals surface area contributed by atoms with Crippen molar-refractivity contribution in [3.05, 3.63) is 46.8 Å². The predicted octanol–water partition coefficient (Wildman–Crippen LogP) is 1.24. The van der Waals surface area contributed by atoms with Gasteiger partial charge in [-0.25, -0.2) is 4.79 Å². The van der Waals surface area contributed by atoms with Crippen LogP contribution in [0.2, 0.25) is 0 Å². The number of methoxy groups -OCH3 is 1. The maximum atomic E-state index is 13.6. The van der Waals surface area contributed by atoms with Crippen molar-refractivity contribution >= 4 is 17.8 Å². The second-order valence-electron chi connectivity index (χ2n) is 4.40. The van der Waals surface area contributed by atoms with Crippen LogP contribution in [0.5, 0.6) is 0 Å². The van der Waals surface area contributed by atoms with Gasteiger partial charge >= 0.3 is 5.97 Å². The maximum Gasteiger partial charge on any atom is 0.364 e. The third-order valence-corrected chi connectivity index (χ3v) is 3.04. The lowest BCUT2D eigenvalue weighted by Gasteiger charge is -2.16. The number of nitrogens with zero attached hydrogens (tertiary/aromatic N) is 1. The summed E-state index contributed by atoms with van der Waals surface area (Å²) >= 11 is 0. The predicted molar refractivity (Wildman–Crippen MR) is 69.5 cm³/mol. The van der Waals surface area contributed by atoms with Crippen LogP contribution in [-0.2, 0) is 9.53 Å². The molecular formula is C14H12FNO5. The van der Waals surface area contributed by atoms with Crippen molar-refractivity contribution in [1.82, 2.24) is 4.90 Å². The SMILES string of the molecule is COC/C(CN1C(=O)c2ccccc2C1=O)=C(/F)C(=O)O. The number of aliphatic carboxylic acids is 1. The number of imide groups is 1. The number of hydrogen-bond donors (Lipinski definition) is 1. The number of carboxylic acid groups (broad SMARTS) is 1. The fourth-order valence-corrected chi connectivity index (χ4v) is 2.08. The molecule has 0 saturated carbocycles. The van der Waals surface area contributed by atoms with Crippen LogP contribution in [0, 0.1) is 0 Å². The molecule has 1 aromatic rings. The van der Waals surface area contributed by atoms with E-state index < -0.39 is 30.2 Å². The molecular weight excluding hydrogens is 281 g/mol. The summed E-state index contributed by atoms with van der Waals surface area (Å²) in [4.78, 5) is 35.7.